The zero-order chi connectivity index (χ0) is 24.9. The lowest BCUT2D eigenvalue weighted by molar-refractivity contribution is -0.119. The fraction of sp³-hybridized carbons (Fsp3) is 0.440. The first-order valence-corrected chi connectivity index (χ1v) is 13.1. The molecule has 0 atom stereocenters. The molecule has 7 nitrogen and oxygen atoms in total. The summed E-state index contributed by atoms with van der Waals surface area (Å²) < 4.78 is 33.4. The SMILES string of the molecule is COc1ccc(Cl)cc1N(CC(=O)NN=C1CCC(C(C)(C)C)CC1)S(=O)(=O)c1ccccc1. The molecular weight excluding hydrogens is 474 g/mol. The van der Waals surface area contributed by atoms with Crippen LogP contribution in [-0.2, 0) is 14.8 Å². The minimum atomic E-state index is -4.08. The van der Waals surface area contributed by atoms with Crippen LogP contribution in [-0.4, -0.2) is 33.7 Å². The number of hydrogen-bond donors (Lipinski definition) is 1. The molecule has 0 unspecified atom stereocenters. The van der Waals surface area contributed by atoms with Crippen molar-refractivity contribution in [2.45, 2.75) is 51.3 Å². The molecule has 1 aliphatic rings. The van der Waals surface area contributed by atoms with Crippen molar-refractivity contribution in [3.8, 4) is 5.75 Å². The van der Waals surface area contributed by atoms with Gasteiger partial charge in [-0.3, -0.25) is 9.10 Å². The van der Waals surface area contributed by atoms with Crippen LogP contribution in [0.4, 0.5) is 5.69 Å². The predicted octanol–water partition coefficient (Wildman–Crippen LogP) is 5.25. The Labute approximate surface area is 207 Å². The third-order valence-corrected chi connectivity index (χ3v) is 8.16. The van der Waals surface area contributed by atoms with Crippen LogP contribution in [0.5, 0.6) is 5.75 Å². The summed E-state index contributed by atoms with van der Waals surface area (Å²) in [4.78, 5) is 12.9. The molecule has 1 saturated carbocycles. The molecule has 1 N–H and O–H groups in total. The number of ether oxygens (including phenoxy) is 1. The van der Waals surface area contributed by atoms with Gasteiger partial charge in [0.25, 0.3) is 15.9 Å². The van der Waals surface area contributed by atoms with Gasteiger partial charge in [0.15, 0.2) is 0 Å². The molecule has 184 valence electrons. The Morgan fingerprint density at radius 3 is 2.38 bits per heavy atom. The Morgan fingerprint density at radius 1 is 1.15 bits per heavy atom. The van der Waals surface area contributed by atoms with Gasteiger partial charge in [0.1, 0.15) is 12.3 Å². The maximum Gasteiger partial charge on any atom is 0.264 e. The van der Waals surface area contributed by atoms with E-state index in [1.165, 1.54) is 25.3 Å². The number of rotatable bonds is 7. The van der Waals surface area contributed by atoms with Gasteiger partial charge >= 0.3 is 0 Å². The van der Waals surface area contributed by atoms with E-state index < -0.39 is 22.5 Å². The Kier molecular flexibility index (Phi) is 8.25. The number of anilines is 1. The van der Waals surface area contributed by atoms with Crippen molar-refractivity contribution in [2.75, 3.05) is 18.0 Å². The van der Waals surface area contributed by atoms with Crippen molar-refractivity contribution < 1.29 is 17.9 Å². The number of hydrazone groups is 1. The average molecular weight is 506 g/mol. The fourth-order valence-corrected chi connectivity index (χ4v) is 5.72. The van der Waals surface area contributed by atoms with Crippen molar-refractivity contribution in [3.05, 3.63) is 53.6 Å². The highest BCUT2D eigenvalue weighted by Gasteiger charge is 2.30. The number of carbonyl (C=O) groups is 1. The molecule has 2 aromatic rings. The quantitative estimate of drug-likeness (QED) is 0.520. The highest BCUT2D eigenvalue weighted by molar-refractivity contribution is 7.92. The number of halogens is 1. The molecule has 0 spiro atoms. The van der Waals surface area contributed by atoms with E-state index in [1.54, 1.807) is 30.3 Å². The van der Waals surface area contributed by atoms with E-state index in [4.69, 9.17) is 16.3 Å². The Hall–Kier alpha value is -2.58. The van der Waals surface area contributed by atoms with E-state index in [-0.39, 0.29) is 21.7 Å². The zero-order valence-electron chi connectivity index (χ0n) is 20.0. The lowest BCUT2D eigenvalue weighted by Crippen LogP contribution is -2.40. The minimum absolute atomic E-state index is 0.0524. The Morgan fingerprint density at radius 2 is 1.79 bits per heavy atom. The van der Waals surface area contributed by atoms with Gasteiger partial charge in [-0.05, 0) is 67.3 Å². The van der Waals surface area contributed by atoms with Gasteiger partial charge in [-0.15, -0.1) is 0 Å². The molecule has 0 aliphatic heterocycles. The van der Waals surface area contributed by atoms with Crippen LogP contribution in [0.15, 0.2) is 58.5 Å². The second kappa shape index (κ2) is 10.8. The first-order valence-electron chi connectivity index (χ1n) is 11.3. The topological polar surface area (TPSA) is 88.1 Å². The molecule has 9 heteroatoms. The highest BCUT2D eigenvalue weighted by Crippen LogP contribution is 2.37. The van der Waals surface area contributed by atoms with Gasteiger partial charge in [0, 0.05) is 10.7 Å². The van der Waals surface area contributed by atoms with E-state index in [0.717, 1.165) is 35.7 Å². The summed E-state index contributed by atoms with van der Waals surface area (Å²) in [7, 11) is -2.65. The largest absolute Gasteiger partial charge is 0.495 e. The zero-order valence-corrected chi connectivity index (χ0v) is 21.6. The number of carbonyl (C=O) groups excluding carboxylic acids is 1. The Bertz CT molecular complexity index is 1130. The van der Waals surface area contributed by atoms with Crippen molar-refractivity contribution in [2.24, 2.45) is 16.4 Å². The molecule has 0 heterocycles. The van der Waals surface area contributed by atoms with Gasteiger partial charge in [0.2, 0.25) is 0 Å². The lowest BCUT2D eigenvalue weighted by Gasteiger charge is -2.34. The van der Waals surface area contributed by atoms with Crippen molar-refractivity contribution in [1.29, 1.82) is 0 Å². The Balaban J connectivity index is 1.83. The number of sulfonamides is 1. The fourth-order valence-electron chi connectivity index (χ4n) is 4.11. The number of amides is 1. The number of nitrogens with one attached hydrogen (secondary N) is 1. The highest BCUT2D eigenvalue weighted by atomic mass is 35.5. The standard InChI is InChI=1S/C25H32ClN3O4S/c1-25(2,3)18-10-13-20(14-11-18)27-28-24(30)17-29(22-16-19(26)12-15-23(22)33-4)34(31,32)21-8-6-5-7-9-21/h5-9,12,15-16,18H,10-11,13-14,17H2,1-4H3,(H,28,30). The van der Waals surface area contributed by atoms with E-state index >= 15 is 0 Å². The van der Waals surface area contributed by atoms with Crippen LogP contribution in [0.1, 0.15) is 46.5 Å². The van der Waals surface area contributed by atoms with Crippen LogP contribution in [0.25, 0.3) is 0 Å². The smallest absolute Gasteiger partial charge is 0.264 e. The molecule has 0 saturated heterocycles. The monoisotopic (exact) mass is 505 g/mol. The molecule has 0 aromatic heterocycles. The second-order valence-corrected chi connectivity index (χ2v) is 11.8. The summed E-state index contributed by atoms with van der Waals surface area (Å²) in [6.45, 7) is 6.25. The van der Waals surface area contributed by atoms with Crippen molar-refractivity contribution in [3.63, 3.8) is 0 Å². The lowest BCUT2D eigenvalue weighted by atomic mass is 9.72. The maximum absolute atomic E-state index is 13.5. The summed E-state index contributed by atoms with van der Waals surface area (Å²) in [6, 6.07) is 12.6. The van der Waals surface area contributed by atoms with Crippen LogP contribution in [0.2, 0.25) is 5.02 Å². The molecule has 0 bridgehead atoms. The normalized spacial score (nSPS) is 16.6. The number of benzene rings is 2. The second-order valence-electron chi connectivity index (χ2n) is 9.49. The van der Waals surface area contributed by atoms with Crippen molar-refractivity contribution >= 4 is 38.9 Å². The van der Waals surface area contributed by atoms with Gasteiger partial charge < -0.3 is 4.74 Å². The van der Waals surface area contributed by atoms with Crippen molar-refractivity contribution in [1.82, 2.24) is 5.43 Å². The maximum atomic E-state index is 13.5. The number of hydrogen-bond acceptors (Lipinski definition) is 5. The first kappa shape index (κ1) is 26.0. The van der Waals surface area contributed by atoms with Gasteiger partial charge in [-0.2, -0.15) is 5.10 Å². The van der Waals surface area contributed by atoms with Gasteiger partial charge in [-0.1, -0.05) is 50.6 Å². The summed E-state index contributed by atoms with van der Waals surface area (Å²) in [6.07, 6.45) is 3.67. The average Bonchev–Trinajstić information content (AvgIpc) is 2.81. The third kappa shape index (κ3) is 6.30. The van der Waals surface area contributed by atoms with E-state index in [2.05, 4.69) is 31.3 Å². The minimum Gasteiger partial charge on any atom is -0.495 e. The molecule has 0 radical (unpaired) electrons. The third-order valence-electron chi connectivity index (χ3n) is 6.15. The molecule has 34 heavy (non-hydrogen) atoms. The van der Waals surface area contributed by atoms with Crippen LogP contribution < -0.4 is 14.5 Å². The molecule has 1 amide bonds. The molecule has 1 aliphatic carbocycles. The summed E-state index contributed by atoms with van der Waals surface area (Å²) >= 11 is 6.16. The first-order chi connectivity index (χ1) is 16.0. The molecule has 2 aromatic carbocycles. The van der Waals surface area contributed by atoms with Crippen LogP contribution >= 0.6 is 11.6 Å². The van der Waals surface area contributed by atoms with E-state index in [0.29, 0.717) is 10.9 Å². The molecular formula is C25H32ClN3O4S. The summed E-state index contributed by atoms with van der Waals surface area (Å²) in [5.41, 5.74) is 3.89. The van der Waals surface area contributed by atoms with Gasteiger partial charge in [-0.25, -0.2) is 13.8 Å². The number of nitrogens with zero attached hydrogens (tertiary/aromatic N) is 2. The van der Waals surface area contributed by atoms with Crippen LogP contribution in [0.3, 0.4) is 0 Å². The molecule has 1 fully saturated rings. The summed E-state index contributed by atoms with van der Waals surface area (Å²) in [5, 5.41) is 4.62. The number of methoxy groups -OCH3 is 1. The molecule has 3 rings (SSSR count). The predicted molar refractivity (Wildman–Crippen MR) is 136 cm³/mol. The van der Waals surface area contributed by atoms with Crippen LogP contribution in [0, 0.1) is 11.3 Å². The van der Waals surface area contributed by atoms with E-state index in [1.807, 2.05) is 0 Å². The summed E-state index contributed by atoms with van der Waals surface area (Å²) in [5.74, 6) is 0.347. The van der Waals surface area contributed by atoms with Gasteiger partial charge in [0.05, 0.1) is 17.7 Å². The van der Waals surface area contributed by atoms with E-state index in [9.17, 15) is 13.2 Å².